The van der Waals surface area contributed by atoms with Crippen LogP contribution in [-0.4, -0.2) is 38.4 Å². The molecule has 2 fully saturated rings. The van der Waals surface area contributed by atoms with Gasteiger partial charge in [0.15, 0.2) is 0 Å². The van der Waals surface area contributed by atoms with Crippen molar-refractivity contribution in [1.82, 2.24) is 19.9 Å². The zero-order valence-electron chi connectivity index (χ0n) is 14.2. The minimum Gasteiger partial charge on any atom is -0.254 e. The van der Waals surface area contributed by atoms with Crippen LogP contribution in [0.1, 0.15) is 37.7 Å². The van der Waals surface area contributed by atoms with Crippen LogP contribution in [0.2, 0.25) is 0 Å². The molecule has 0 amide bonds. The zero-order valence-corrected chi connectivity index (χ0v) is 15.1. The Balaban J connectivity index is 1.56. The molecule has 6 nitrogen and oxygen atoms in total. The van der Waals surface area contributed by atoms with Crippen molar-refractivity contribution in [3.63, 3.8) is 0 Å². The molecule has 0 aromatic heterocycles. The van der Waals surface area contributed by atoms with Gasteiger partial charge in [-0.1, -0.05) is 49.6 Å². The molecule has 2 aliphatic rings. The first kappa shape index (κ1) is 17.8. The van der Waals surface area contributed by atoms with E-state index in [9.17, 15) is 8.42 Å². The third-order valence-electron chi connectivity index (χ3n) is 5.21. The SMILES string of the molecule is CN(CC1NNC2CCCCCC21)S(=O)(=O)NCc1ccccc1. The fourth-order valence-corrected chi connectivity index (χ4v) is 4.68. The van der Waals surface area contributed by atoms with Crippen LogP contribution < -0.4 is 15.6 Å². The summed E-state index contributed by atoms with van der Waals surface area (Å²) in [5.74, 6) is 0.513. The van der Waals surface area contributed by atoms with Crippen LogP contribution in [-0.2, 0) is 16.8 Å². The van der Waals surface area contributed by atoms with Crippen molar-refractivity contribution in [3.05, 3.63) is 35.9 Å². The Hall–Kier alpha value is -0.990. The van der Waals surface area contributed by atoms with Crippen molar-refractivity contribution in [2.75, 3.05) is 13.6 Å². The monoisotopic (exact) mass is 352 g/mol. The number of benzene rings is 1. The van der Waals surface area contributed by atoms with Crippen LogP contribution in [0, 0.1) is 5.92 Å². The highest BCUT2D eigenvalue weighted by Crippen LogP contribution is 2.29. The normalized spacial score (nSPS) is 27.8. The number of fused-ring (bicyclic) bond motifs is 1. The van der Waals surface area contributed by atoms with Crippen LogP contribution in [0.25, 0.3) is 0 Å². The quantitative estimate of drug-likeness (QED) is 0.723. The number of hydrogen-bond acceptors (Lipinski definition) is 4. The number of nitrogens with one attached hydrogen (secondary N) is 3. The standard InChI is InChI=1S/C17H28N4O2S/c1-21(24(22,23)18-12-14-8-4-2-5-9-14)13-17-15-10-6-3-7-11-16(15)19-20-17/h2,4-5,8-9,15-20H,3,6-7,10-13H2,1H3. The van der Waals surface area contributed by atoms with Crippen LogP contribution >= 0.6 is 0 Å². The van der Waals surface area contributed by atoms with E-state index in [-0.39, 0.29) is 6.04 Å². The van der Waals surface area contributed by atoms with Crippen LogP contribution in [0.5, 0.6) is 0 Å². The highest BCUT2D eigenvalue weighted by Gasteiger charge is 2.37. The van der Waals surface area contributed by atoms with E-state index in [0.29, 0.717) is 25.0 Å². The lowest BCUT2D eigenvalue weighted by molar-refractivity contribution is 0.332. The molecular weight excluding hydrogens is 324 g/mol. The molecule has 3 atom stereocenters. The molecule has 3 rings (SSSR count). The third-order valence-corrected chi connectivity index (χ3v) is 6.68. The second-order valence-electron chi connectivity index (χ2n) is 6.90. The lowest BCUT2D eigenvalue weighted by atomic mass is 9.90. The predicted molar refractivity (Wildman–Crippen MR) is 95.3 cm³/mol. The molecule has 0 bridgehead atoms. The number of likely N-dealkylation sites (N-methyl/N-ethyl adjacent to an activating group) is 1. The van der Waals surface area contributed by atoms with Gasteiger partial charge >= 0.3 is 0 Å². The molecule has 0 spiro atoms. The van der Waals surface area contributed by atoms with E-state index in [2.05, 4.69) is 15.6 Å². The smallest absolute Gasteiger partial charge is 0.254 e. The van der Waals surface area contributed by atoms with Gasteiger partial charge in [-0.05, 0) is 24.3 Å². The summed E-state index contributed by atoms with van der Waals surface area (Å²) < 4.78 is 29.1. The molecule has 1 heterocycles. The summed E-state index contributed by atoms with van der Waals surface area (Å²) in [6.07, 6.45) is 6.13. The average molecular weight is 353 g/mol. The molecule has 7 heteroatoms. The first-order valence-electron chi connectivity index (χ1n) is 8.82. The molecule has 24 heavy (non-hydrogen) atoms. The van der Waals surface area contributed by atoms with E-state index in [1.165, 1.54) is 36.4 Å². The molecule has 3 unspecified atom stereocenters. The van der Waals surface area contributed by atoms with Crippen LogP contribution in [0.4, 0.5) is 0 Å². The minimum atomic E-state index is -3.48. The first-order chi connectivity index (χ1) is 11.6. The average Bonchev–Trinajstić information content (AvgIpc) is 2.81. The summed E-state index contributed by atoms with van der Waals surface area (Å²) in [5.41, 5.74) is 7.65. The Bertz CT molecular complexity index is 623. The number of hydrogen-bond donors (Lipinski definition) is 3. The van der Waals surface area contributed by atoms with E-state index >= 15 is 0 Å². The van der Waals surface area contributed by atoms with Crippen molar-refractivity contribution >= 4 is 10.2 Å². The number of rotatable bonds is 6. The van der Waals surface area contributed by atoms with E-state index in [0.717, 1.165) is 5.56 Å². The molecule has 1 aromatic carbocycles. The topological polar surface area (TPSA) is 73.5 Å². The minimum absolute atomic E-state index is 0.173. The third kappa shape index (κ3) is 4.34. The predicted octanol–water partition coefficient (Wildman–Crippen LogP) is 1.38. The zero-order chi connectivity index (χ0) is 17.0. The summed E-state index contributed by atoms with van der Waals surface area (Å²) in [7, 11) is -1.83. The summed E-state index contributed by atoms with van der Waals surface area (Å²) in [5, 5.41) is 0. The van der Waals surface area contributed by atoms with E-state index < -0.39 is 10.2 Å². The van der Waals surface area contributed by atoms with Crippen molar-refractivity contribution in [2.24, 2.45) is 5.92 Å². The largest absolute Gasteiger partial charge is 0.279 e. The maximum absolute atomic E-state index is 12.5. The van der Waals surface area contributed by atoms with Gasteiger partial charge in [0, 0.05) is 32.2 Å². The van der Waals surface area contributed by atoms with Crippen molar-refractivity contribution in [3.8, 4) is 0 Å². The van der Waals surface area contributed by atoms with E-state index in [4.69, 9.17) is 0 Å². The van der Waals surface area contributed by atoms with Gasteiger partial charge in [0.05, 0.1) is 0 Å². The second-order valence-corrected chi connectivity index (χ2v) is 8.76. The van der Waals surface area contributed by atoms with Gasteiger partial charge in [-0.25, -0.2) is 0 Å². The van der Waals surface area contributed by atoms with E-state index in [1.54, 1.807) is 7.05 Å². The highest BCUT2D eigenvalue weighted by molar-refractivity contribution is 7.87. The maximum Gasteiger partial charge on any atom is 0.279 e. The summed E-state index contributed by atoms with van der Waals surface area (Å²) in [6, 6.07) is 10.2. The van der Waals surface area contributed by atoms with Crippen molar-refractivity contribution < 1.29 is 8.42 Å². The fraction of sp³-hybridized carbons (Fsp3) is 0.647. The Morgan fingerprint density at radius 3 is 2.67 bits per heavy atom. The fourth-order valence-electron chi connectivity index (χ4n) is 3.76. The van der Waals surface area contributed by atoms with Gasteiger partial charge in [-0.3, -0.25) is 10.9 Å². The van der Waals surface area contributed by atoms with Gasteiger partial charge < -0.3 is 0 Å². The molecule has 134 valence electrons. The number of nitrogens with zero attached hydrogens (tertiary/aromatic N) is 1. The van der Waals surface area contributed by atoms with Gasteiger partial charge in [-0.2, -0.15) is 17.4 Å². The second kappa shape index (κ2) is 7.93. The number of hydrazine groups is 1. The lowest BCUT2D eigenvalue weighted by Gasteiger charge is -2.25. The van der Waals surface area contributed by atoms with Crippen molar-refractivity contribution in [2.45, 2.75) is 50.7 Å². The summed E-state index contributed by atoms with van der Waals surface area (Å²) >= 11 is 0. The highest BCUT2D eigenvalue weighted by atomic mass is 32.2. The van der Waals surface area contributed by atoms with Gasteiger partial charge in [0.2, 0.25) is 0 Å². The summed E-state index contributed by atoms with van der Waals surface area (Å²) in [6.45, 7) is 0.800. The molecule has 0 radical (unpaired) electrons. The van der Waals surface area contributed by atoms with Gasteiger partial charge in [0.25, 0.3) is 10.2 Å². The first-order valence-corrected chi connectivity index (χ1v) is 10.3. The molecule has 1 aromatic rings. The Morgan fingerprint density at radius 2 is 1.88 bits per heavy atom. The van der Waals surface area contributed by atoms with Gasteiger partial charge in [0.1, 0.15) is 0 Å². The van der Waals surface area contributed by atoms with E-state index in [1.807, 2.05) is 30.3 Å². The summed E-state index contributed by atoms with van der Waals surface area (Å²) in [4.78, 5) is 0. The van der Waals surface area contributed by atoms with Gasteiger partial charge in [-0.15, -0.1) is 0 Å². The molecule has 1 saturated heterocycles. The van der Waals surface area contributed by atoms with Crippen molar-refractivity contribution in [1.29, 1.82) is 0 Å². The lowest BCUT2D eigenvalue weighted by Crippen LogP contribution is -2.46. The molecule has 1 aliphatic carbocycles. The maximum atomic E-state index is 12.5. The Labute approximate surface area is 145 Å². The Morgan fingerprint density at radius 1 is 1.12 bits per heavy atom. The Kier molecular flexibility index (Phi) is 5.89. The molecular formula is C17H28N4O2S. The van der Waals surface area contributed by atoms with Crippen LogP contribution in [0.3, 0.4) is 0 Å². The van der Waals surface area contributed by atoms with Crippen LogP contribution in [0.15, 0.2) is 30.3 Å². The molecule has 1 saturated carbocycles. The molecule has 1 aliphatic heterocycles. The molecule has 3 N–H and O–H groups in total.